The first kappa shape index (κ1) is 16.0. The maximum absolute atomic E-state index is 10.5. The number of nitrogen functional groups attached to an aromatic ring is 1. The van der Waals surface area contributed by atoms with Gasteiger partial charge in [0.25, 0.3) is 0 Å². The normalized spacial score (nSPS) is 27.6. The van der Waals surface area contributed by atoms with Crippen LogP contribution < -0.4 is 5.73 Å². The van der Waals surface area contributed by atoms with Gasteiger partial charge in [-0.1, -0.05) is 30.3 Å². The zero-order valence-corrected chi connectivity index (χ0v) is 13.3. The molecule has 0 amide bonds. The first-order chi connectivity index (χ1) is 12.1. The third-order valence-corrected chi connectivity index (χ3v) is 4.65. The molecule has 25 heavy (non-hydrogen) atoms. The Morgan fingerprint density at radius 3 is 2.60 bits per heavy atom. The van der Waals surface area contributed by atoms with Crippen LogP contribution in [0.25, 0.3) is 11.0 Å². The number of rotatable bonds is 3. The number of hydrogen-bond donors (Lipinski definition) is 4. The van der Waals surface area contributed by atoms with Crippen LogP contribution in [-0.4, -0.2) is 43.2 Å². The van der Waals surface area contributed by atoms with E-state index >= 15 is 0 Å². The van der Waals surface area contributed by atoms with Crippen LogP contribution in [0, 0.1) is 0 Å². The summed E-state index contributed by atoms with van der Waals surface area (Å²) in [6.45, 7) is 0. The fourth-order valence-electron chi connectivity index (χ4n) is 3.30. The number of pyridine rings is 1. The Morgan fingerprint density at radius 2 is 1.84 bits per heavy atom. The van der Waals surface area contributed by atoms with Crippen molar-refractivity contribution in [2.45, 2.75) is 30.6 Å². The van der Waals surface area contributed by atoms with Crippen molar-refractivity contribution in [2.24, 2.45) is 0 Å². The van der Waals surface area contributed by atoms with Crippen LogP contribution >= 0.6 is 0 Å². The van der Waals surface area contributed by atoms with Crippen LogP contribution in [0.3, 0.4) is 0 Å². The lowest BCUT2D eigenvalue weighted by Crippen LogP contribution is -2.34. The minimum Gasteiger partial charge on any atom is -0.398 e. The van der Waals surface area contributed by atoms with Crippen LogP contribution in [0.1, 0.15) is 17.9 Å². The molecule has 0 radical (unpaired) electrons. The Labute approximate surface area is 143 Å². The van der Waals surface area contributed by atoms with Gasteiger partial charge in [0.05, 0.1) is 0 Å². The van der Waals surface area contributed by atoms with Gasteiger partial charge in [-0.15, -0.1) is 0 Å². The van der Waals surface area contributed by atoms with Crippen LogP contribution in [-0.2, 0) is 4.74 Å². The van der Waals surface area contributed by atoms with Crippen molar-refractivity contribution in [1.29, 1.82) is 0 Å². The zero-order valence-electron chi connectivity index (χ0n) is 13.3. The molecule has 7 nitrogen and oxygen atoms in total. The lowest BCUT2D eigenvalue weighted by Gasteiger charge is -2.21. The second-order valence-electron chi connectivity index (χ2n) is 6.19. The summed E-state index contributed by atoms with van der Waals surface area (Å²) in [5.74, 6) is 0. The quantitative estimate of drug-likeness (QED) is 0.564. The van der Waals surface area contributed by atoms with E-state index in [9.17, 15) is 15.3 Å². The second-order valence-corrected chi connectivity index (χ2v) is 6.19. The van der Waals surface area contributed by atoms with Crippen molar-refractivity contribution >= 4 is 16.7 Å². The number of aromatic nitrogens is 2. The summed E-state index contributed by atoms with van der Waals surface area (Å²) in [6.07, 6.45) is -2.06. The van der Waals surface area contributed by atoms with E-state index in [1.807, 2.05) is 6.07 Å². The summed E-state index contributed by atoms with van der Waals surface area (Å²) < 4.78 is 7.45. The van der Waals surface area contributed by atoms with E-state index in [4.69, 9.17) is 10.5 Å². The van der Waals surface area contributed by atoms with Gasteiger partial charge in [-0.2, -0.15) is 0 Å². The van der Waals surface area contributed by atoms with Gasteiger partial charge in [0.1, 0.15) is 30.1 Å². The summed E-state index contributed by atoms with van der Waals surface area (Å²) in [4.78, 5) is 4.28. The molecule has 0 bridgehead atoms. The number of fused-ring (bicyclic) bond motifs is 1. The van der Waals surface area contributed by atoms with Gasteiger partial charge in [-0.3, -0.25) is 0 Å². The molecule has 7 heteroatoms. The van der Waals surface area contributed by atoms with Gasteiger partial charge in [0.2, 0.25) is 0 Å². The number of anilines is 1. The monoisotopic (exact) mass is 341 g/mol. The maximum Gasteiger partial charge on any atom is 0.164 e. The predicted octanol–water partition coefficient (Wildman–Crippen LogP) is 0.971. The molecule has 1 aromatic carbocycles. The highest BCUT2D eigenvalue weighted by Gasteiger charge is 2.47. The van der Waals surface area contributed by atoms with Crippen molar-refractivity contribution in [1.82, 2.24) is 9.55 Å². The van der Waals surface area contributed by atoms with Gasteiger partial charge < -0.3 is 30.4 Å². The van der Waals surface area contributed by atoms with Gasteiger partial charge in [-0.05, 0) is 17.7 Å². The summed E-state index contributed by atoms with van der Waals surface area (Å²) in [5.41, 5.74) is 7.66. The second kappa shape index (κ2) is 6.12. The summed E-state index contributed by atoms with van der Waals surface area (Å²) >= 11 is 0. The average Bonchev–Trinajstić information content (AvgIpc) is 3.18. The van der Waals surface area contributed by atoms with E-state index in [2.05, 4.69) is 4.98 Å². The van der Waals surface area contributed by atoms with E-state index in [-0.39, 0.29) is 0 Å². The fraction of sp³-hybridized carbons (Fsp3) is 0.278. The molecule has 1 aliphatic rings. The molecule has 0 spiro atoms. The average molecular weight is 341 g/mol. The number of aliphatic hydroxyl groups excluding tert-OH is 3. The molecule has 1 unspecified atom stereocenters. The molecule has 5 atom stereocenters. The van der Waals surface area contributed by atoms with Gasteiger partial charge >= 0.3 is 0 Å². The predicted molar refractivity (Wildman–Crippen MR) is 91.5 cm³/mol. The highest BCUT2D eigenvalue weighted by molar-refractivity contribution is 5.88. The molecular weight excluding hydrogens is 322 g/mol. The first-order valence-electron chi connectivity index (χ1n) is 8.03. The molecule has 5 N–H and O–H groups in total. The van der Waals surface area contributed by atoms with E-state index in [0.29, 0.717) is 16.9 Å². The first-order valence-corrected chi connectivity index (χ1v) is 8.03. The molecule has 2 aromatic heterocycles. The molecule has 1 saturated heterocycles. The molecular formula is C18H19N3O4. The lowest BCUT2D eigenvalue weighted by molar-refractivity contribution is -0.0848. The molecule has 1 fully saturated rings. The van der Waals surface area contributed by atoms with Gasteiger partial charge in [-0.25, -0.2) is 4.98 Å². The van der Waals surface area contributed by atoms with Gasteiger partial charge in [0, 0.05) is 23.5 Å². The number of benzene rings is 1. The lowest BCUT2D eigenvalue weighted by atomic mass is 9.99. The molecule has 1 aliphatic heterocycles. The highest BCUT2D eigenvalue weighted by atomic mass is 16.6. The molecule has 0 saturated carbocycles. The van der Waals surface area contributed by atoms with E-state index in [0.717, 1.165) is 5.39 Å². The number of aliphatic hydroxyl groups is 3. The Kier molecular flexibility index (Phi) is 3.93. The SMILES string of the molecule is Nc1ccnc2c1ccn2[C@@H]1OC([C@H](O)c2ccccc2)[C@@H](O)[C@H]1O. The fourth-order valence-corrected chi connectivity index (χ4v) is 3.30. The highest BCUT2D eigenvalue weighted by Crippen LogP contribution is 2.37. The smallest absolute Gasteiger partial charge is 0.164 e. The van der Waals surface area contributed by atoms with Crippen LogP contribution in [0.15, 0.2) is 54.9 Å². The molecule has 130 valence electrons. The molecule has 3 heterocycles. The van der Waals surface area contributed by atoms with Crippen molar-refractivity contribution < 1.29 is 20.1 Å². The Bertz CT molecular complexity index is 882. The standard InChI is InChI=1S/C18H19N3O4/c19-12-6-8-20-17-11(12)7-9-21(17)18-15(24)14(23)16(25-18)13(22)10-4-2-1-3-5-10/h1-9,13-16,18,22-24H,(H2,19,20)/t13-,14+,15-,16?,18-/m1/s1. The van der Waals surface area contributed by atoms with Crippen LogP contribution in [0.4, 0.5) is 5.69 Å². The number of nitrogens with two attached hydrogens (primary N) is 1. The number of nitrogens with zero attached hydrogens (tertiary/aromatic N) is 2. The van der Waals surface area contributed by atoms with E-state index < -0.39 is 30.6 Å². The van der Waals surface area contributed by atoms with E-state index in [1.54, 1.807) is 53.4 Å². The maximum atomic E-state index is 10.5. The van der Waals surface area contributed by atoms with Crippen LogP contribution in [0.5, 0.6) is 0 Å². The van der Waals surface area contributed by atoms with E-state index in [1.165, 1.54) is 0 Å². The van der Waals surface area contributed by atoms with Crippen molar-refractivity contribution in [2.75, 3.05) is 5.73 Å². The third kappa shape index (κ3) is 2.58. The van der Waals surface area contributed by atoms with Crippen LogP contribution in [0.2, 0.25) is 0 Å². The Balaban J connectivity index is 1.67. The summed E-state index contributed by atoms with van der Waals surface area (Å²) in [5, 5.41) is 32.1. The number of hydrogen-bond acceptors (Lipinski definition) is 6. The van der Waals surface area contributed by atoms with Crippen molar-refractivity contribution in [3.05, 3.63) is 60.4 Å². The molecule has 3 aromatic rings. The van der Waals surface area contributed by atoms with Gasteiger partial charge in [0.15, 0.2) is 6.23 Å². The zero-order chi connectivity index (χ0) is 17.6. The summed E-state index contributed by atoms with van der Waals surface area (Å²) in [7, 11) is 0. The Morgan fingerprint density at radius 1 is 1.08 bits per heavy atom. The largest absolute Gasteiger partial charge is 0.398 e. The number of ether oxygens (including phenoxy) is 1. The Hall–Kier alpha value is -2.45. The minimum atomic E-state index is -1.24. The minimum absolute atomic E-state index is 0.547. The van der Waals surface area contributed by atoms with Crippen molar-refractivity contribution in [3.63, 3.8) is 0 Å². The molecule has 4 rings (SSSR count). The third-order valence-electron chi connectivity index (χ3n) is 4.65. The topological polar surface area (TPSA) is 114 Å². The summed E-state index contributed by atoms with van der Waals surface area (Å²) in [6, 6.07) is 12.4. The van der Waals surface area contributed by atoms with Crippen molar-refractivity contribution in [3.8, 4) is 0 Å². The molecule has 0 aliphatic carbocycles.